The first-order chi connectivity index (χ1) is 12.3. The van der Waals surface area contributed by atoms with Gasteiger partial charge in [-0.15, -0.1) is 0 Å². The van der Waals surface area contributed by atoms with Crippen LogP contribution in [0.2, 0.25) is 0 Å². The van der Waals surface area contributed by atoms with Crippen LogP contribution in [0, 0.1) is 0 Å². The van der Waals surface area contributed by atoms with E-state index in [1.54, 1.807) is 29.2 Å². The largest absolute Gasteiger partial charge is 0.330 e. The third-order valence-corrected chi connectivity index (χ3v) is 7.07. The first kappa shape index (κ1) is 17.2. The van der Waals surface area contributed by atoms with Gasteiger partial charge >= 0.3 is 0 Å². The predicted octanol–water partition coefficient (Wildman–Crippen LogP) is -0.513. The molecule has 2 fully saturated rings. The number of carbonyl (C=O) groups is 1. The molecule has 26 heavy (non-hydrogen) atoms. The predicted molar refractivity (Wildman–Crippen MR) is 96.9 cm³/mol. The SMILES string of the molecule is CN1CCN(C(=O)c2nn(C)c(=O)c3ccccc23)C2CS(=O)(=O)CC21. The highest BCUT2D eigenvalue weighted by molar-refractivity contribution is 7.91. The molecule has 0 bridgehead atoms. The van der Waals surface area contributed by atoms with Crippen LogP contribution in [0.1, 0.15) is 10.5 Å². The molecule has 9 heteroatoms. The van der Waals surface area contributed by atoms with Crippen LogP contribution in [0.5, 0.6) is 0 Å². The monoisotopic (exact) mass is 376 g/mol. The Morgan fingerprint density at radius 3 is 2.46 bits per heavy atom. The van der Waals surface area contributed by atoms with Gasteiger partial charge in [-0.3, -0.25) is 14.5 Å². The van der Waals surface area contributed by atoms with Crippen LogP contribution in [0.3, 0.4) is 0 Å². The van der Waals surface area contributed by atoms with Gasteiger partial charge < -0.3 is 4.90 Å². The quantitative estimate of drug-likeness (QED) is 0.665. The van der Waals surface area contributed by atoms with Gasteiger partial charge in [-0.05, 0) is 13.1 Å². The van der Waals surface area contributed by atoms with E-state index < -0.39 is 9.84 Å². The normalized spacial score (nSPS) is 25.4. The Kier molecular flexibility index (Phi) is 3.89. The van der Waals surface area contributed by atoms with E-state index in [1.165, 1.54) is 7.05 Å². The number of hydrogen-bond acceptors (Lipinski definition) is 6. The van der Waals surface area contributed by atoms with Crippen molar-refractivity contribution >= 4 is 26.5 Å². The number of likely N-dealkylation sites (N-methyl/N-ethyl adjacent to an activating group) is 1. The number of piperazine rings is 1. The van der Waals surface area contributed by atoms with Crippen molar-refractivity contribution in [3.8, 4) is 0 Å². The molecule has 2 unspecified atom stereocenters. The molecule has 2 atom stereocenters. The number of aryl methyl sites for hydroxylation is 1. The lowest BCUT2D eigenvalue weighted by molar-refractivity contribution is 0.0404. The molecular formula is C17H20N4O4S. The fraction of sp³-hybridized carbons (Fsp3) is 0.471. The zero-order chi connectivity index (χ0) is 18.6. The lowest BCUT2D eigenvalue weighted by Crippen LogP contribution is -2.59. The molecule has 1 aromatic carbocycles. The minimum atomic E-state index is -3.18. The fourth-order valence-electron chi connectivity index (χ4n) is 3.97. The smallest absolute Gasteiger partial charge is 0.275 e. The molecular weight excluding hydrogens is 356 g/mol. The number of benzene rings is 1. The van der Waals surface area contributed by atoms with Gasteiger partial charge in [-0.1, -0.05) is 18.2 Å². The van der Waals surface area contributed by atoms with Crippen molar-refractivity contribution in [2.75, 3.05) is 31.6 Å². The highest BCUT2D eigenvalue weighted by Gasteiger charge is 2.47. The summed E-state index contributed by atoms with van der Waals surface area (Å²) in [5.74, 6) is -0.284. The van der Waals surface area contributed by atoms with Gasteiger partial charge in [0.2, 0.25) is 0 Å². The molecule has 0 spiro atoms. The Bertz CT molecular complexity index is 1060. The number of hydrogen-bond donors (Lipinski definition) is 0. The van der Waals surface area contributed by atoms with Crippen LogP contribution < -0.4 is 5.56 Å². The third-order valence-electron chi connectivity index (χ3n) is 5.37. The highest BCUT2D eigenvalue weighted by Crippen LogP contribution is 2.28. The first-order valence-electron chi connectivity index (χ1n) is 8.46. The van der Waals surface area contributed by atoms with Gasteiger partial charge in [0.15, 0.2) is 15.5 Å². The molecule has 0 aliphatic carbocycles. The van der Waals surface area contributed by atoms with Crippen LogP contribution in [-0.2, 0) is 16.9 Å². The van der Waals surface area contributed by atoms with Gasteiger partial charge in [0.05, 0.1) is 22.9 Å². The maximum Gasteiger partial charge on any atom is 0.275 e. The van der Waals surface area contributed by atoms with Crippen LogP contribution >= 0.6 is 0 Å². The molecule has 2 saturated heterocycles. The van der Waals surface area contributed by atoms with Crippen molar-refractivity contribution in [1.29, 1.82) is 0 Å². The molecule has 1 aromatic heterocycles. The van der Waals surface area contributed by atoms with E-state index >= 15 is 0 Å². The van der Waals surface area contributed by atoms with E-state index in [-0.39, 0.29) is 40.7 Å². The summed E-state index contributed by atoms with van der Waals surface area (Å²) in [6.07, 6.45) is 0. The summed E-state index contributed by atoms with van der Waals surface area (Å²) < 4.78 is 25.4. The topological polar surface area (TPSA) is 92.6 Å². The van der Waals surface area contributed by atoms with E-state index in [9.17, 15) is 18.0 Å². The molecule has 3 heterocycles. The summed E-state index contributed by atoms with van der Waals surface area (Å²) in [7, 11) is 0.222. The molecule has 138 valence electrons. The van der Waals surface area contributed by atoms with E-state index in [4.69, 9.17) is 0 Å². The average molecular weight is 376 g/mol. The Labute approximate surface area is 150 Å². The molecule has 0 radical (unpaired) electrons. The molecule has 2 aromatic rings. The summed E-state index contributed by atoms with van der Waals surface area (Å²) in [5.41, 5.74) is -0.0767. The molecule has 0 N–H and O–H groups in total. The third kappa shape index (κ3) is 2.62. The lowest BCUT2D eigenvalue weighted by Gasteiger charge is -2.42. The number of amides is 1. The van der Waals surface area contributed by atoms with E-state index in [0.717, 1.165) is 4.68 Å². The zero-order valence-corrected chi connectivity index (χ0v) is 15.4. The number of aromatic nitrogens is 2. The van der Waals surface area contributed by atoms with Crippen LogP contribution in [0.4, 0.5) is 0 Å². The highest BCUT2D eigenvalue weighted by atomic mass is 32.2. The molecule has 2 aliphatic heterocycles. The maximum atomic E-state index is 13.3. The zero-order valence-electron chi connectivity index (χ0n) is 14.6. The van der Waals surface area contributed by atoms with Crippen molar-refractivity contribution in [2.24, 2.45) is 7.05 Å². The number of nitrogens with zero attached hydrogens (tertiary/aromatic N) is 4. The Hall–Kier alpha value is -2.26. The second kappa shape index (κ2) is 5.88. The van der Waals surface area contributed by atoms with Gasteiger partial charge in [0.1, 0.15) is 0 Å². The lowest BCUT2D eigenvalue weighted by atomic mass is 10.0. The van der Waals surface area contributed by atoms with Crippen molar-refractivity contribution in [3.63, 3.8) is 0 Å². The van der Waals surface area contributed by atoms with Crippen molar-refractivity contribution < 1.29 is 13.2 Å². The molecule has 2 aliphatic rings. The molecule has 8 nitrogen and oxygen atoms in total. The second-order valence-electron chi connectivity index (χ2n) is 7.01. The molecule has 1 amide bonds. The van der Waals surface area contributed by atoms with E-state index in [1.807, 2.05) is 11.9 Å². The Morgan fingerprint density at radius 1 is 1.08 bits per heavy atom. The maximum absolute atomic E-state index is 13.3. The van der Waals surface area contributed by atoms with Crippen molar-refractivity contribution in [1.82, 2.24) is 19.6 Å². The number of rotatable bonds is 1. The molecule has 4 rings (SSSR count). The van der Waals surface area contributed by atoms with Gasteiger partial charge in [-0.25, -0.2) is 13.1 Å². The van der Waals surface area contributed by atoms with Crippen LogP contribution in [0.25, 0.3) is 10.8 Å². The van der Waals surface area contributed by atoms with Gasteiger partial charge in [0.25, 0.3) is 11.5 Å². The minimum Gasteiger partial charge on any atom is -0.330 e. The summed E-state index contributed by atoms with van der Waals surface area (Å²) in [5, 5.41) is 5.12. The summed E-state index contributed by atoms with van der Waals surface area (Å²) in [4.78, 5) is 29.2. The van der Waals surface area contributed by atoms with Crippen molar-refractivity contribution in [3.05, 3.63) is 40.3 Å². The standard InChI is InChI=1S/C17H20N4O4S/c1-19-7-8-21(14-10-26(24,25)9-13(14)19)17(23)15-11-5-3-4-6-12(11)16(22)20(2)18-15/h3-6,13-14H,7-10H2,1-2H3. The minimum absolute atomic E-state index is 0.0303. The average Bonchev–Trinajstić information content (AvgIpc) is 2.94. The Morgan fingerprint density at radius 2 is 1.73 bits per heavy atom. The number of sulfone groups is 1. The first-order valence-corrected chi connectivity index (χ1v) is 10.3. The number of carbonyl (C=O) groups excluding carboxylic acids is 1. The van der Waals surface area contributed by atoms with Crippen molar-refractivity contribution in [2.45, 2.75) is 12.1 Å². The van der Waals surface area contributed by atoms with Crippen LogP contribution in [0.15, 0.2) is 29.1 Å². The van der Waals surface area contributed by atoms with Gasteiger partial charge in [-0.2, -0.15) is 5.10 Å². The fourth-order valence-corrected chi connectivity index (χ4v) is 6.03. The Balaban J connectivity index is 1.80. The summed E-state index contributed by atoms with van der Waals surface area (Å²) in [6, 6.07) is 6.29. The number of fused-ring (bicyclic) bond motifs is 2. The van der Waals surface area contributed by atoms with E-state index in [2.05, 4.69) is 5.10 Å². The van der Waals surface area contributed by atoms with E-state index in [0.29, 0.717) is 23.9 Å². The second-order valence-corrected chi connectivity index (χ2v) is 9.17. The summed E-state index contributed by atoms with van der Waals surface area (Å²) >= 11 is 0. The van der Waals surface area contributed by atoms with Crippen LogP contribution in [-0.4, -0.2) is 77.6 Å². The molecule has 0 saturated carbocycles. The van der Waals surface area contributed by atoms with Gasteiger partial charge in [0, 0.05) is 31.6 Å². The summed E-state index contributed by atoms with van der Waals surface area (Å²) in [6.45, 7) is 1.04.